The van der Waals surface area contributed by atoms with Gasteiger partial charge in [-0.2, -0.15) is 0 Å². The minimum Gasteiger partial charge on any atom is -0.398 e. The molecule has 20 heavy (non-hydrogen) atoms. The van der Waals surface area contributed by atoms with E-state index in [0.717, 1.165) is 25.1 Å². The normalized spacial score (nSPS) is 35.4. The van der Waals surface area contributed by atoms with Crippen LogP contribution < -0.4 is 0 Å². The van der Waals surface area contributed by atoms with E-state index in [9.17, 15) is 0 Å². The fourth-order valence-corrected chi connectivity index (χ4v) is 2.64. The molecule has 5 nitrogen and oxygen atoms in total. The number of rotatable bonds is 2. The monoisotopic (exact) mass is 278 g/mol. The minimum absolute atomic E-state index is 0.111. The molecule has 0 aromatic heterocycles. The fourth-order valence-electron chi connectivity index (χ4n) is 2.64. The van der Waals surface area contributed by atoms with Crippen LogP contribution in [0.4, 0.5) is 0 Å². The summed E-state index contributed by atoms with van der Waals surface area (Å²) in [6.45, 7) is 8.99. The Labute approximate surface area is 120 Å². The molecule has 0 bridgehead atoms. The Kier molecular flexibility index (Phi) is 3.51. The second kappa shape index (κ2) is 4.93. The van der Waals surface area contributed by atoms with Gasteiger partial charge in [-0.05, 0) is 47.0 Å². The smallest absolute Gasteiger partial charge is 0.398 e. The molecule has 3 aliphatic rings. The lowest BCUT2D eigenvalue weighted by Crippen LogP contribution is -2.41. The summed E-state index contributed by atoms with van der Waals surface area (Å²) in [4.78, 5) is 9.11. The Morgan fingerprint density at radius 1 is 1.15 bits per heavy atom. The van der Waals surface area contributed by atoms with Gasteiger partial charge in [0.15, 0.2) is 6.17 Å². The van der Waals surface area contributed by atoms with E-state index in [2.05, 4.69) is 9.98 Å². The van der Waals surface area contributed by atoms with E-state index in [0.29, 0.717) is 0 Å². The van der Waals surface area contributed by atoms with Crippen LogP contribution in [0.2, 0.25) is 0 Å². The predicted molar refractivity (Wildman–Crippen MR) is 79.4 cm³/mol. The van der Waals surface area contributed by atoms with Gasteiger partial charge in [0.1, 0.15) is 0 Å². The van der Waals surface area contributed by atoms with Crippen molar-refractivity contribution in [3.63, 3.8) is 0 Å². The van der Waals surface area contributed by atoms with Crippen molar-refractivity contribution < 1.29 is 14.0 Å². The molecule has 0 amide bonds. The number of hydrogen-bond donors (Lipinski definition) is 0. The lowest BCUT2D eigenvalue weighted by Gasteiger charge is -2.32. The molecular weight excluding hydrogens is 255 g/mol. The van der Waals surface area contributed by atoms with Gasteiger partial charge in [0, 0.05) is 12.8 Å². The maximum Gasteiger partial charge on any atom is 0.515 e. The highest BCUT2D eigenvalue weighted by Gasteiger charge is 2.53. The summed E-state index contributed by atoms with van der Waals surface area (Å²) in [5.41, 5.74) is 0.101. The third-order valence-corrected chi connectivity index (χ3v) is 4.68. The molecule has 0 aromatic carbocycles. The van der Waals surface area contributed by atoms with Crippen molar-refractivity contribution in [1.82, 2.24) is 0 Å². The maximum atomic E-state index is 6.00. The first-order valence-corrected chi connectivity index (χ1v) is 7.47. The topological polar surface area (TPSA) is 52.4 Å². The third-order valence-electron chi connectivity index (χ3n) is 4.68. The minimum atomic E-state index is -0.419. The van der Waals surface area contributed by atoms with Gasteiger partial charge in [-0.1, -0.05) is 0 Å². The highest BCUT2D eigenvalue weighted by Crippen LogP contribution is 2.37. The Bertz CT molecular complexity index is 426. The number of aliphatic imine (C=N–C) groups is 2. The highest BCUT2D eigenvalue weighted by atomic mass is 16.7. The second-order valence-corrected chi connectivity index (χ2v) is 6.74. The van der Waals surface area contributed by atoms with Gasteiger partial charge < -0.3 is 14.0 Å². The molecule has 3 aliphatic heterocycles. The predicted octanol–water partition coefficient (Wildman–Crippen LogP) is 2.04. The molecule has 0 saturated carbocycles. The number of ether oxygens (including phenoxy) is 1. The Hall–Kier alpha value is -0.715. The van der Waals surface area contributed by atoms with Crippen LogP contribution in [0.5, 0.6) is 0 Å². The van der Waals surface area contributed by atoms with Gasteiger partial charge in [0.25, 0.3) is 0 Å². The summed E-state index contributed by atoms with van der Waals surface area (Å²) in [5, 5.41) is 0. The van der Waals surface area contributed by atoms with Crippen molar-refractivity contribution in [1.29, 1.82) is 0 Å². The molecule has 0 unspecified atom stereocenters. The van der Waals surface area contributed by atoms with E-state index in [1.54, 1.807) is 6.21 Å². The van der Waals surface area contributed by atoms with Crippen LogP contribution in [-0.2, 0) is 14.0 Å². The fraction of sp³-hybridized carbons (Fsp3) is 0.857. The van der Waals surface area contributed by atoms with Crippen LogP contribution in [-0.4, -0.2) is 49.0 Å². The molecule has 0 N–H and O–H groups in total. The largest absolute Gasteiger partial charge is 0.515 e. The molecule has 0 spiro atoms. The van der Waals surface area contributed by atoms with Gasteiger partial charge in [-0.25, -0.2) is 0 Å². The zero-order valence-electron chi connectivity index (χ0n) is 12.8. The van der Waals surface area contributed by atoms with Gasteiger partial charge >= 0.3 is 7.12 Å². The van der Waals surface area contributed by atoms with Crippen LogP contribution >= 0.6 is 0 Å². The molecule has 0 radical (unpaired) electrons. The van der Waals surface area contributed by atoms with E-state index in [4.69, 9.17) is 14.0 Å². The van der Waals surface area contributed by atoms with Gasteiger partial charge in [-0.15, -0.1) is 0 Å². The van der Waals surface area contributed by atoms with Crippen LogP contribution in [0.25, 0.3) is 0 Å². The lowest BCUT2D eigenvalue weighted by atomic mass is 9.83. The summed E-state index contributed by atoms with van der Waals surface area (Å²) in [7, 11) is -0.419. The van der Waals surface area contributed by atoms with E-state index in [1.807, 2.05) is 27.7 Å². The van der Waals surface area contributed by atoms with Crippen molar-refractivity contribution in [3.8, 4) is 0 Å². The Morgan fingerprint density at radius 2 is 1.85 bits per heavy atom. The summed E-state index contributed by atoms with van der Waals surface area (Å²) >= 11 is 0. The average molecular weight is 278 g/mol. The molecule has 0 aromatic rings. The first-order valence-electron chi connectivity index (χ1n) is 7.47. The standard InChI is InChI=1S/C14H23BN2O3/c1-13(2)14(3,4)20-15(19-13)11-9-16-12(17-11)10-7-5-6-8-18-10/h9-10,12H,5-8H2,1-4H3/t10-,12-/m1/s1. The third kappa shape index (κ3) is 2.45. The Morgan fingerprint density at radius 3 is 2.45 bits per heavy atom. The molecule has 6 heteroatoms. The highest BCUT2D eigenvalue weighted by molar-refractivity contribution is 6.93. The van der Waals surface area contributed by atoms with Crippen molar-refractivity contribution in [2.45, 2.75) is 70.4 Å². The molecule has 2 fully saturated rings. The average Bonchev–Trinajstić information content (AvgIpc) is 2.94. The zero-order valence-corrected chi connectivity index (χ0v) is 12.8. The van der Waals surface area contributed by atoms with Crippen LogP contribution in [0.3, 0.4) is 0 Å². The molecule has 3 heterocycles. The van der Waals surface area contributed by atoms with Crippen molar-refractivity contribution in [2.24, 2.45) is 9.98 Å². The first kappa shape index (κ1) is 14.2. The molecule has 0 aliphatic carbocycles. The lowest BCUT2D eigenvalue weighted by molar-refractivity contribution is 0.00340. The summed E-state index contributed by atoms with van der Waals surface area (Å²) in [6, 6.07) is 0. The van der Waals surface area contributed by atoms with Gasteiger partial charge in [-0.3, -0.25) is 9.98 Å². The van der Waals surface area contributed by atoms with E-state index in [-0.39, 0.29) is 23.5 Å². The van der Waals surface area contributed by atoms with Gasteiger partial charge in [0.05, 0.1) is 22.9 Å². The van der Waals surface area contributed by atoms with Crippen LogP contribution in [0.1, 0.15) is 47.0 Å². The van der Waals surface area contributed by atoms with E-state index < -0.39 is 7.12 Å². The molecule has 3 rings (SSSR count). The second-order valence-electron chi connectivity index (χ2n) is 6.74. The molecular formula is C14H23BN2O3. The quantitative estimate of drug-likeness (QED) is 0.726. The summed E-state index contributed by atoms with van der Waals surface area (Å²) < 4.78 is 17.7. The summed E-state index contributed by atoms with van der Waals surface area (Å²) in [5.74, 6) is 0. The van der Waals surface area contributed by atoms with Crippen LogP contribution in [0, 0.1) is 0 Å². The van der Waals surface area contributed by atoms with E-state index >= 15 is 0 Å². The molecule has 2 atom stereocenters. The SMILES string of the molecule is CC1(C)OB(C2=N[C@H]([C@H]3CCCCO3)N=C2)OC1(C)C. The molecule has 2 saturated heterocycles. The molecule has 110 valence electrons. The zero-order chi connectivity index (χ0) is 14.4. The van der Waals surface area contributed by atoms with E-state index in [1.165, 1.54) is 6.42 Å². The van der Waals surface area contributed by atoms with Crippen molar-refractivity contribution in [3.05, 3.63) is 0 Å². The summed E-state index contributed by atoms with van der Waals surface area (Å²) in [6.07, 6.45) is 5.13. The van der Waals surface area contributed by atoms with Crippen molar-refractivity contribution >= 4 is 18.9 Å². The van der Waals surface area contributed by atoms with Crippen LogP contribution in [0.15, 0.2) is 9.98 Å². The Balaban J connectivity index is 1.69. The number of hydrogen-bond acceptors (Lipinski definition) is 5. The maximum absolute atomic E-state index is 6.00. The number of nitrogens with zero attached hydrogens (tertiary/aromatic N) is 2. The van der Waals surface area contributed by atoms with Crippen molar-refractivity contribution in [2.75, 3.05) is 6.61 Å². The van der Waals surface area contributed by atoms with Gasteiger partial charge in [0.2, 0.25) is 0 Å². The first-order chi connectivity index (χ1) is 9.39.